The van der Waals surface area contributed by atoms with Crippen LogP contribution in [0.15, 0.2) is 29.2 Å². The second-order valence-electron chi connectivity index (χ2n) is 6.16. The summed E-state index contributed by atoms with van der Waals surface area (Å²) in [6, 6.07) is 3.69. The van der Waals surface area contributed by atoms with Crippen LogP contribution < -0.4 is 5.32 Å². The molecule has 0 radical (unpaired) electrons. The summed E-state index contributed by atoms with van der Waals surface area (Å²) in [6.07, 6.45) is -0.763. The third-order valence-corrected chi connectivity index (χ3v) is 5.85. The molecule has 5 nitrogen and oxygen atoms in total. The molecule has 1 amide bonds. The Bertz CT molecular complexity index is 675. The van der Waals surface area contributed by atoms with Gasteiger partial charge in [-0.1, -0.05) is 18.6 Å². The van der Waals surface area contributed by atoms with E-state index in [4.69, 9.17) is 0 Å². The van der Waals surface area contributed by atoms with Crippen molar-refractivity contribution in [2.75, 3.05) is 6.54 Å². The molecule has 0 spiro atoms. The number of amides is 1. The molecule has 1 fully saturated rings. The zero-order valence-electron chi connectivity index (χ0n) is 13.7. The van der Waals surface area contributed by atoms with E-state index < -0.39 is 22.5 Å². The van der Waals surface area contributed by atoms with Gasteiger partial charge in [0.05, 0.1) is 4.90 Å². The summed E-state index contributed by atoms with van der Waals surface area (Å²) < 4.78 is 52.1. The molecule has 0 unspecified atom stereocenters. The van der Waals surface area contributed by atoms with Crippen LogP contribution in [-0.4, -0.2) is 37.3 Å². The van der Waals surface area contributed by atoms with Crippen molar-refractivity contribution in [3.63, 3.8) is 0 Å². The van der Waals surface area contributed by atoms with E-state index in [0.29, 0.717) is 12.8 Å². The SMILES string of the molecule is CC(C)NC(=O)[C@H]1CCCCN1S(=O)(=O)c1ccc(C(F)F)cc1. The number of nitrogens with one attached hydrogen (secondary N) is 1. The summed E-state index contributed by atoms with van der Waals surface area (Å²) in [4.78, 5) is 12.3. The summed E-state index contributed by atoms with van der Waals surface area (Å²) in [5, 5.41) is 2.75. The van der Waals surface area contributed by atoms with Crippen LogP contribution in [0.25, 0.3) is 0 Å². The average Bonchev–Trinajstić information content (AvgIpc) is 2.54. The molecule has 1 N–H and O–H groups in total. The van der Waals surface area contributed by atoms with Crippen LogP contribution in [0.1, 0.15) is 45.1 Å². The fourth-order valence-electron chi connectivity index (χ4n) is 2.76. The third kappa shape index (κ3) is 4.10. The highest BCUT2D eigenvalue weighted by Crippen LogP contribution is 2.27. The van der Waals surface area contributed by atoms with E-state index in [-0.39, 0.29) is 29.0 Å². The van der Waals surface area contributed by atoms with Crippen molar-refractivity contribution in [1.29, 1.82) is 0 Å². The monoisotopic (exact) mass is 360 g/mol. The van der Waals surface area contributed by atoms with Crippen LogP contribution in [-0.2, 0) is 14.8 Å². The summed E-state index contributed by atoms with van der Waals surface area (Å²) in [6.45, 7) is 3.86. The van der Waals surface area contributed by atoms with E-state index in [9.17, 15) is 22.0 Å². The van der Waals surface area contributed by atoms with Gasteiger partial charge in [0.15, 0.2) is 0 Å². The molecule has 24 heavy (non-hydrogen) atoms. The molecular formula is C16H22F2N2O3S. The van der Waals surface area contributed by atoms with Crippen molar-refractivity contribution in [1.82, 2.24) is 9.62 Å². The van der Waals surface area contributed by atoms with Gasteiger partial charge in [0.25, 0.3) is 6.43 Å². The Hall–Kier alpha value is -1.54. The number of alkyl halides is 2. The van der Waals surface area contributed by atoms with Crippen LogP contribution in [0.4, 0.5) is 8.78 Å². The zero-order chi connectivity index (χ0) is 17.9. The molecule has 1 aromatic rings. The number of benzene rings is 1. The first-order chi connectivity index (χ1) is 11.2. The van der Waals surface area contributed by atoms with E-state index in [2.05, 4.69) is 5.32 Å². The quantitative estimate of drug-likeness (QED) is 0.878. The van der Waals surface area contributed by atoms with E-state index >= 15 is 0 Å². The van der Waals surface area contributed by atoms with Gasteiger partial charge in [-0.2, -0.15) is 4.31 Å². The number of halogens is 2. The fraction of sp³-hybridized carbons (Fsp3) is 0.562. The van der Waals surface area contributed by atoms with Gasteiger partial charge >= 0.3 is 0 Å². The van der Waals surface area contributed by atoms with Gasteiger partial charge in [-0.25, -0.2) is 17.2 Å². The standard InChI is InChI=1S/C16H22F2N2O3S/c1-11(2)19-16(21)14-5-3-4-10-20(14)24(22,23)13-8-6-12(7-9-13)15(17)18/h6-9,11,14-15H,3-5,10H2,1-2H3,(H,19,21)/t14-/m1/s1. The number of sulfonamides is 1. The summed E-state index contributed by atoms with van der Waals surface area (Å²) in [7, 11) is -3.91. The van der Waals surface area contributed by atoms with Crippen molar-refractivity contribution in [2.45, 2.75) is 56.5 Å². The molecule has 2 rings (SSSR count). The molecule has 0 saturated carbocycles. The predicted octanol–water partition coefficient (Wildman–Crippen LogP) is 2.69. The Morgan fingerprint density at radius 3 is 2.38 bits per heavy atom. The number of piperidine rings is 1. The lowest BCUT2D eigenvalue weighted by molar-refractivity contribution is -0.126. The summed E-state index contributed by atoms with van der Waals surface area (Å²) in [5.74, 6) is -0.322. The number of nitrogens with zero attached hydrogens (tertiary/aromatic N) is 1. The van der Waals surface area contributed by atoms with Crippen molar-refractivity contribution >= 4 is 15.9 Å². The highest BCUT2D eigenvalue weighted by Gasteiger charge is 2.37. The number of carbonyl (C=O) groups excluding carboxylic acids is 1. The Balaban J connectivity index is 2.29. The topological polar surface area (TPSA) is 66.5 Å². The molecule has 8 heteroatoms. The van der Waals surface area contributed by atoms with Crippen LogP contribution in [0.2, 0.25) is 0 Å². The first kappa shape index (κ1) is 18.8. The molecule has 1 aliphatic rings. The smallest absolute Gasteiger partial charge is 0.263 e. The zero-order valence-corrected chi connectivity index (χ0v) is 14.5. The molecule has 0 bridgehead atoms. The lowest BCUT2D eigenvalue weighted by Gasteiger charge is -2.34. The molecule has 1 saturated heterocycles. The normalized spacial score (nSPS) is 19.7. The molecular weight excluding hydrogens is 338 g/mol. The van der Waals surface area contributed by atoms with Gasteiger partial charge in [0, 0.05) is 18.2 Å². The van der Waals surface area contributed by atoms with Crippen molar-refractivity contribution < 1.29 is 22.0 Å². The van der Waals surface area contributed by atoms with Gasteiger partial charge in [0.2, 0.25) is 15.9 Å². The van der Waals surface area contributed by atoms with E-state index in [1.807, 2.05) is 13.8 Å². The van der Waals surface area contributed by atoms with Crippen LogP contribution >= 0.6 is 0 Å². The van der Waals surface area contributed by atoms with Gasteiger partial charge in [-0.15, -0.1) is 0 Å². The highest BCUT2D eigenvalue weighted by atomic mass is 32.2. The molecule has 0 aliphatic carbocycles. The largest absolute Gasteiger partial charge is 0.353 e. The molecule has 0 aromatic heterocycles. The molecule has 134 valence electrons. The fourth-order valence-corrected chi connectivity index (χ4v) is 4.41. The minimum Gasteiger partial charge on any atom is -0.353 e. The maximum atomic E-state index is 12.8. The number of hydrogen-bond donors (Lipinski definition) is 1. The predicted molar refractivity (Wildman–Crippen MR) is 86.2 cm³/mol. The molecule has 1 atom stereocenters. The van der Waals surface area contributed by atoms with Crippen molar-refractivity contribution in [3.8, 4) is 0 Å². The van der Waals surface area contributed by atoms with Crippen molar-refractivity contribution in [2.24, 2.45) is 0 Å². The van der Waals surface area contributed by atoms with Gasteiger partial charge in [0.1, 0.15) is 6.04 Å². The lowest BCUT2D eigenvalue weighted by atomic mass is 10.0. The molecule has 1 aromatic carbocycles. The maximum Gasteiger partial charge on any atom is 0.263 e. The Morgan fingerprint density at radius 2 is 1.83 bits per heavy atom. The third-order valence-electron chi connectivity index (χ3n) is 3.93. The number of hydrogen-bond acceptors (Lipinski definition) is 3. The van der Waals surface area contributed by atoms with Gasteiger partial charge in [-0.05, 0) is 38.8 Å². The van der Waals surface area contributed by atoms with E-state index in [0.717, 1.165) is 18.6 Å². The highest BCUT2D eigenvalue weighted by molar-refractivity contribution is 7.89. The summed E-state index contributed by atoms with van der Waals surface area (Å²) in [5.41, 5.74) is -0.235. The van der Waals surface area contributed by atoms with Gasteiger partial charge in [-0.3, -0.25) is 4.79 Å². The van der Waals surface area contributed by atoms with Crippen LogP contribution in [0.3, 0.4) is 0 Å². The van der Waals surface area contributed by atoms with E-state index in [1.165, 1.54) is 16.4 Å². The first-order valence-corrected chi connectivity index (χ1v) is 9.38. The summed E-state index contributed by atoms with van der Waals surface area (Å²) >= 11 is 0. The second-order valence-corrected chi connectivity index (χ2v) is 8.05. The minimum atomic E-state index is -3.91. The molecule has 1 aliphatic heterocycles. The Morgan fingerprint density at radius 1 is 1.21 bits per heavy atom. The van der Waals surface area contributed by atoms with Crippen LogP contribution in [0.5, 0.6) is 0 Å². The second kappa shape index (κ2) is 7.57. The Kier molecular flexibility index (Phi) is 5.92. The maximum absolute atomic E-state index is 12.8. The number of rotatable bonds is 5. The van der Waals surface area contributed by atoms with Crippen molar-refractivity contribution in [3.05, 3.63) is 29.8 Å². The lowest BCUT2D eigenvalue weighted by Crippen LogP contribution is -2.52. The van der Waals surface area contributed by atoms with E-state index in [1.54, 1.807) is 0 Å². The average molecular weight is 360 g/mol. The number of carbonyl (C=O) groups is 1. The Labute approximate surface area is 141 Å². The minimum absolute atomic E-state index is 0.0730. The van der Waals surface area contributed by atoms with Gasteiger partial charge < -0.3 is 5.32 Å². The first-order valence-electron chi connectivity index (χ1n) is 7.94. The molecule has 1 heterocycles. The van der Waals surface area contributed by atoms with Crippen LogP contribution in [0, 0.1) is 0 Å².